The lowest BCUT2D eigenvalue weighted by molar-refractivity contribution is -0.138. The summed E-state index contributed by atoms with van der Waals surface area (Å²) in [6.07, 6.45) is -4.61. The number of nitrogens with two attached hydrogens (primary N) is 1. The van der Waals surface area contributed by atoms with Crippen LogP contribution in [0.2, 0.25) is 5.02 Å². The van der Waals surface area contributed by atoms with Gasteiger partial charge in [0.15, 0.2) is 9.84 Å². The Balaban J connectivity index is 1.80. The van der Waals surface area contributed by atoms with E-state index in [-0.39, 0.29) is 12.2 Å². The maximum Gasteiger partial charge on any atom is 0.408 e. The van der Waals surface area contributed by atoms with Crippen molar-refractivity contribution in [2.75, 3.05) is 16.0 Å². The molecule has 0 radical (unpaired) electrons. The molecule has 192 valence electrons. The highest BCUT2D eigenvalue weighted by atomic mass is 35.5. The molecule has 3 aromatic rings. The van der Waals surface area contributed by atoms with Crippen LogP contribution in [0, 0.1) is 5.82 Å². The third-order valence-electron chi connectivity index (χ3n) is 5.40. The molecule has 0 saturated carbocycles. The molecule has 2 heterocycles. The van der Waals surface area contributed by atoms with Gasteiger partial charge < -0.3 is 20.4 Å². The van der Waals surface area contributed by atoms with Crippen molar-refractivity contribution in [3.63, 3.8) is 0 Å². The number of nitrogens with zero attached hydrogens (tertiary/aromatic N) is 3. The number of anilines is 2. The largest absolute Gasteiger partial charge is 0.408 e. The van der Waals surface area contributed by atoms with Gasteiger partial charge in [-0.15, -0.1) is 5.10 Å². The average Bonchev–Trinajstić information content (AvgIpc) is 3.23. The lowest BCUT2D eigenvalue weighted by Gasteiger charge is -2.24. The zero-order valence-electron chi connectivity index (χ0n) is 18.4. The van der Waals surface area contributed by atoms with Gasteiger partial charge in [0, 0.05) is 5.02 Å². The van der Waals surface area contributed by atoms with Crippen molar-refractivity contribution in [1.82, 2.24) is 10.2 Å². The van der Waals surface area contributed by atoms with Crippen LogP contribution in [0.5, 0.6) is 0 Å². The fourth-order valence-corrected chi connectivity index (χ4v) is 5.17. The van der Waals surface area contributed by atoms with E-state index in [0.29, 0.717) is 16.7 Å². The molecule has 0 bridgehead atoms. The molecule has 15 heteroatoms. The minimum absolute atomic E-state index is 0.128. The molecule has 1 aromatic heterocycles. The summed E-state index contributed by atoms with van der Waals surface area (Å²) in [5.74, 6) is -3.13. The first kappa shape index (κ1) is 25.9. The van der Waals surface area contributed by atoms with Crippen molar-refractivity contribution < 1.29 is 35.2 Å². The van der Waals surface area contributed by atoms with Crippen molar-refractivity contribution in [3.8, 4) is 11.5 Å². The zero-order chi connectivity index (χ0) is 26.4. The summed E-state index contributed by atoms with van der Waals surface area (Å²) < 4.78 is 84.4. The van der Waals surface area contributed by atoms with Gasteiger partial charge in [0.05, 0.1) is 34.5 Å². The molecule has 1 amide bonds. The van der Waals surface area contributed by atoms with Crippen LogP contribution < -0.4 is 16.0 Å². The normalized spacial score (nSPS) is 18.5. The second-order valence-electron chi connectivity index (χ2n) is 8.06. The topological polar surface area (TPSA) is 131 Å². The van der Waals surface area contributed by atoms with Gasteiger partial charge in [-0.05, 0) is 36.8 Å². The number of alkyl halides is 3. The van der Waals surface area contributed by atoms with Crippen LogP contribution >= 0.6 is 11.6 Å². The van der Waals surface area contributed by atoms with Gasteiger partial charge in [-0.2, -0.15) is 13.2 Å². The molecule has 36 heavy (non-hydrogen) atoms. The van der Waals surface area contributed by atoms with Gasteiger partial charge in [0.2, 0.25) is 5.91 Å². The number of rotatable bonds is 5. The first-order valence-corrected chi connectivity index (χ1v) is 12.3. The second-order valence-corrected chi connectivity index (χ2v) is 10.5. The quantitative estimate of drug-likeness (QED) is 0.464. The third kappa shape index (κ3) is 5.15. The standard InChI is InChI=1S/C21H18ClF4N5O4S/c1-10(21(24,25)26)28-20-30-29-18(35-20)13-6-16-17(7-14(13)23)36(33,34)9-15(27)19(32)31(16)8-11-2-4-12(22)5-3-11/h2-7,10,15H,8-9,27H2,1H3,(H,28,30)/t10?,15-/m0/s1. The molecular weight excluding hydrogens is 530 g/mol. The van der Waals surface area contributed by atoms with E-state index >= 15 is 4.39 Å². The lowest BCUT2D eigenvalue weighted by Crippen LogP contribution is -2.45. The SMILES string of the molecule is CC(Nc1nnc(-c2cc3c(cc2F)S(=O)(=O)C[C@H](N)C(=O)N3Cc2ccc(Cl)cc2)o1)C(F)(F)F. The summed E-state index contributed by atoms with van der Waals surface area (Å²) in [4.78, 5) is 13.7. The van der Waals surface area contributed by atoms with Crippen LogP contribution in [0.15, 0.2) is 45.7 Å². The van der Waals surface area contributed by atoms with E-state index in [0.717, 1.165) is 17.9 Å². The molecule has 0 spiro atoms. The van der Waals surface area contributed by atoms with E-state index in [1.54, 1.807) is 24.3 Å². The first-order valence-electron chi connectivity index (χ1n) is 10.3. The van der Waals surface area contributed by atoms with Gasteiger partial charge in [-0.3, -0.25) is 4.79 Å². The third-order valence-corrected chi connectivity index (χ3v) is 7.44. The minimum atomic E-state index is -4.61. The Hall–Kier alpha value is -3.23. The highest BCUT2D eigenvalue weighted by molar-refractivity contribution is 7.91. The number of sulfone groups is 1. The number of hydrogen-bond donors (Lipinski definition) is 2. The Bertz CT molecular complexity index is 1410. The van der Waals surface area contributed by atoms with Gasteiger partial charge in [0.25, 0.3) is 5.89 Å². The number of carbonyl (C=O) groups is 1. The molecule has 9 nitrogen and oxygen atoms in total. The molecular formula is C21H18ClF4N5O4S. The smallest absolute Gasteiger partial charge is 0.403 e. The summed E-state index contributed by atoms with van der Waals surface area (Å²) >= 11 is 5.90. The molecule has 1 unspecified atom stereocenters. The van der Waals surface area contributed by atoms with Crippen molar-refractivity contribution in [2.45, 2.75) is 36.6 Å². The molecule has 0 aliphatic carbocycles. The Labute approximate surface area is 207 Å². The van der Waals surface area contributed by atoms with Crippen molar-refractivity contribution in [2.24, 2.45) is 5.73 Å². The van der Waals surface area contributed by atoms with Gasteiger partial charge in [0.1, 0.15) is 11.9 Å². The Morgan fingerprint density at radius 2 is 1.92 bits per heavy atom. The monoisotopic (exact) mass is 547 g/mol. The van der Waals surface area contributed by atoms with Crippen LogP contribution in [0.4, 0.5) is 29.3 Å². The zero-order valence-corrected chi connectivity index (χ0v) is 20.0. The molecule has 1 aliphatic rings. The van der Waals surface area contributed by atoms with Gasteiger partial charge >= 0.3 is 12.2 Å². The maximum atomic E-state index is 15.1. The number of carbonyl (C=O) groups excluding carboxylic acids is 1. The number of fused-ring (bicyclic) bond motifs is 1. The molecule has 1 aliphatic heterocycles. The molecule has 0 saturated heterocycles. The van der Waals surface area contributed by atoms with Gasteiger partial charge in [-0.1, -0.05) is 28.8 Å². The van der Waals surface area contributed by atoms with E-state index < -0.39 is 67.9 Å². The summed E-state index contributed by atoms with van der Waals surface area (Å²) in [5, 5.41) is 9.40. The fraction of sp³-hybridized carbons (Fsp3) is 0.286. The minimum Gasteiger partial charge on any atom is -0.403 e. The Morgan fingerprint density at radius 3 is 2.56 bits per heavy atom. The Kier molecular flexibility index (Phi) is 6.70. The van der Waals surface area contributed by atoms with E-state index in [2.05, 4.69) is 10.2 Å². The molecule has 2 atom stereocenters. The fourth-order valence-electron chi connectivity index (χ4n) is 3.48. The van der Waals surface area contributed by atoms with Crippen LogP contribution in [0.25, 0.3) is 11.5 Å². The molecule has 2 aromatic carbocycles. The average molecular weight is 548 g/mol. The number of halogens is 5. The van der Waals surface area contributed by atoms with Crippen LogP contribution in [0.3, 0.4) is 0 Å². The van der Waals surface area contributed by atoms with Crippen molar-refractivity contribution >= 4 is 39.0 Å². The molecule has 4 rings (SSSR count). The number of nitrogens with one attached hydrogen (secondary N) is 1. The van der Waals surface area contributed by atoms with E-state index in [9.17, 15) is 26.4 Å². The van der Waals surface area contributed by atoms with Crippen molar-refractivity contribution in [1.29, 1.82) is 0 Å². The molecule has 0 fully saturated rings. The highest BCUT2D eigenvalue weighted by Crippen LogP contribution is 2.37. The number of aromatic nitrogens is 2. The summed E-state index contributed by atoms with van der Waals surface area (Å²) in [6, 6.07) is 3.97. The Morgan fingerprint density at radius 1 is 1.25 bits per heavy atom. The van der Waals surface area contributed by atoms with E-state index in [4.69, 9.17) is 21.8 Å². The maximum absolute atomic E-state index is 15.1. The van der Waals surface area contributed by atoms with Crippen LogP contribution in [-0.4, -0.2) is 48.5 Å². The number of hydrogen-bond acceptors (Lipinski definition) is 8. The summed E-state index contributed by atoms with van der Waals surface area (Å²) in [7, 11) is -4.19. The summed E-state index contributed by atoms with van der Waals surface area (Å²) in [5.41, 5.74) is 5.80. The van der Waals surface area contributed by atoms with E-state index in [1.165, 1.54) is 0 Å². The van der Waals surface area contributed by atoms with Crippen LogP contribution in [0.1, 0.15) is 12.5 Å². The highest BCUT2D eigenvalue weighted by Gasteiger charge is 2.38. The first-order chi connectivity index (χ1) is 16.8. The lowest BCUT2D eigenvalue weighted by atomic mass is 10.1. The number of benzene rings is 2. The predicted octanol–water partition coefficient (Wildman–Crippen LogP) is 3.54. The number of amides is 1. The molecule has 3 N–H and O–H groups in total. The van der Waals surface area contributed by atoms with Crippen molar-refractivity contribution in [3.05, 3.63) is 52.8 Å². The second kappa shape index (κ2) is 9.33. The van der Waals surface area contributed by atoms with E-state index in [1.807, 2.05) is 5.32 Å². The van der Waals surface area contributed by atoms with Gasteiger partial charge in [-0.25, -0.2) is 12.8 Å². The predicted molar refractivity (Wildman–Crippen MR) is 122 cm³/mol. The summed E-state index contributed by atoms with van der Waals surface area (Å²) in [6.45, 7) is 0.693. The van der Waals surface area contributed by atoms with Crippen LogP contribution in [-0.2, 0) is 21.2 Å².